The third-order valence-corrected chi connectivity index (χ3v) is 3.46. The maximum absolute atomic E-state index is 5.64. The summed E-state index contributed by atoms with van der Waals surface area (Å²) in [6, 6.07) is 0. The Kier molecular flexibility index (Phi) is 3.27. The van der Waals surface area contributed by atoms with Gasteiger partial charge in [-0.1, -0.05) is 13.3 Å². The first-order valence-electron chi connectivity index (χ1n) is 6.04. The molecule has 16 heavy (non-hydrogen) atoms. The van der Waals surface area contributed by atoms with E-state index in [2.05, 4.69) is 21.8 Å². The minimum Gasteiger partial charge on any atom is -0.368 e. The molecule has 2 heterocycles. The van der Waals surface area contributed by atoms with Gasteiger partial charge in [-0.3, -0.25) is 0 Å². The van der Waals surface area contributed by atoms with Crippen molar-refractivity contribution in [3.8, 4) is 0 Å². The summed E-state index contributed by atoms with van der Waals surface area (Å²) in [6.07, 6.45) is 5.63. The molecule has 0 spiro atoms. The third kappa shape index (κ3) is 2.26. The predicted molar refractivity (Wildman–Crippen MR) is 66.4 cm³/mol. The number of nitrogen functional groups attached to an aromatic ring is 1. The molecule has 0 unspecified atom stereocenters. The fraction of sp³-hybridized carbons (Fsp3) is 0.667. The molecule has 88 valence electrons. The van der Waals surface area contributed by atoms with E-state index < -0.39 is 0 Å². The van der Waals surface area contributed by atoms with E-state index in [0.29, 0.717) is 5.95 Å². The van der Waals surface area contributed by atoms with Gasteiger partial charge in [-0.15, -0.1) is 0 Å². The Labute approximate surface area is 96.9 Å². The summed E-state index contributed by atoms with van der Waals surface area (Å²) in [4.78, 5) is 10.7. The van der Waals surface area contributed by atoms with Crippen LogP contribution in [-0.4, -0.2) is 23.1 Å². The molecule has 2 N–H and O–H groups in total. The number of rotatable bonds is 2. The summed E-state index contributed by atoms with van der Waals surface area (Å²) >= 11 is 0. The van der Waals surface area contributed by atoms with Gasteiger partial charge in [0.25, 0.3) is 0 Å². The maximum atomic E-state index is 5.64. The molecule has 0 aliphatic carbocycles. The van der Waals surface area contributed by atoms with E-state index in [0.717, 1.165) is 30.4 Å². The first kappa shape index (κ1) is 11.2. The van der Waals surface area contributed by atoms with E-state index >= 15 is 0 Å². The van der Waals surface area contributed by atoms with Gasteiger partial charge in [0.05, 0.1) is 0 Å². The first-order valence-corrected chi connectivity index (χ1v) is 6.04. The molecule has 0 radical (unpaired) electrons. The highest BCUT2D eigenvalue weighted by Crippen LogP contribution is 2.25. The molecule has 0 aromatic carbocycles. The van der Waals surface area contributed by atoms with Crippen molar-refractivity contribution in [3.63, 3.8) is 0 Å². The summed E-state index contributed by atoms with van der Waals surface area (Å²) < 4.78 is 0. The van der Waals surface area contributed by atoms with Gasteiger partial charge in [0.1, 0.15) is 5.82 Å². The zero-order valence-corrected chi connectivity index (χ0v) is 10.1. The minimum atomic E-state index is 0.373. The Morgan fingerprint density at radius 3 is 2.75 bits per heavy atom. The number of nitrogens with zero attached hydrogens (tertiary/aromatic N) is 3. The number of hydrogen-bond donors (Lipinski definition) is 1. The van der Waals surface area contributed by atoms with E-state index in [1.165, 1.54) is 19.3 Å². The second-order valence-corrected chi connectivity index (χ2v) is 4.57. The van der Waals surface area contributed by atoms with Crippen LogP contribution < -0.4 is 10.6 Å². The van der Waals surface area contributed by atoms with Gasteiger partial charge in [-0.05, 0) is 25.7 Å². The Bertz CT molecular complexity index is 356. The monoisotopic (exact) mass is 220 g/mol. The third-order valence-electron chi connectivity index (χ3n) is 3.46. The molecule has 4 nitrogen and oxygen atoms in total. The second-order valence-electron chi connectivity index (χ2n) is 4.57. The van der Waals surface area contributed by atoms with Crippen molar-refractivity contribution in [2.45, 2.75) is 33.1 Å². The van der Waals surface area contributed by atoms with Gasteiger partial charge in [0, 0.05) is 24.8 Å². The van der Waals surface area contributed by atoms with Crippen LogP contribution in [0.25, 0.3) is 0 Å². The molecule has 1 aliphatic rings. The van der Waals surface area contributed by atoms with Gasteiger partial charge in [0.2, 0.25) is 5.95 Å². The van der Waals surface area contributed by atoms with Crippen molar-refractivity contribution in [3.05, 3.63) is 11.8 Å². The van der Waals surface area contributed by atoms with Crippen molar-refractivity contribution in [2.24, 2.45) is 5.92 Å². The molecule has 1 saturated heterocycles. The average Bonchev–Trinajstić information content (AvgIpc) is 2.32. The molecule has 1 aromatic heterocycles. The summed E-state index contributed by atoms with van der Waals surface area (Å²) in [5, 5.41) is 0. The van der Waals surface area contributed by atoms with Crippen molar-refractivity contribution >= 4 is 11.8 Å². The molecule has 1 fully saturated rings. The number of piperidine rings is 1. The Hall–Kier alpha value is -1.32. The highest BCUT2D eigenvalue weighted by atomic mass is 15.2. The summed E-state index contributed by atoms with van der Waals surface area (Å²) in [6.45, 7) is 6.50. The Morgan fingerprint density at radius 1 is 1.44 bits per heavy atom. The lowest BCUT2D eigenvalue weighted by Gasteiger charge is -2.33. The lowest BCUT2D eigenvalue weighted by molar-refractivity contribution is 0.393. The molecule has 4 heteroatoms. The highest BCUT2D eigenvalue weighted by molar-refractivity contribution is 5.48. The van der Waals surface area contributed by atoms with Crippen LogP contribution in [0.15, 0.2) is 6.20 Å². The Balaban J connectivity index is 2.10. The molecule has 0 atom stereocenters. The maximum Gasteiger partial charge on any atom is 0.221 e. The molecule has 0 saturated carbocycles. The van der Waals surface area contributed by atoms with E-state index in [-0.39, 0.29) is 0 Å². The number of aryl methyl sites for hydroxylation is 1. The van der Waals surface area contributed by atoms with Gasteiger partial charge in [-0.2, -0.15) is 4.98 Å². The minimum absolute atomic E-state index is 0.373. The normalized spacial score (nSPS) is 17.8. The van der Waals surface area contributed by atoms with E-state index in [4.69, 9.17) is 5.73 Å². The van der Waals surface area contributed by atoms with Gasteiger partial charge >= 0.3 is 0 Å². The van der Waals surface area contributed by atoms with Gasteiger partial charge < -0.3 is 10.6 Å². The van der Waals surface area contributed by atoms with Crippen molar-refractivity contribution in [1.29, 1.82) is 0 Å². The fourth-order valence-corrected chi connectivity index (χ4v) is 2.32. The largest absolute Gasteiger partial charge is 0.368 e. The first-order chi connectivity index (χ1) is 7.70. The van der Waals surface area contributed by atoms with Crippen LogP contribution in [0.2, 0.25) is 0 Å². The zero-order valence-electron chi connectivity index (χ0n) is 10.1. The molecule has 1 aromatic rings. The molecule has 0 amide bonds. The SMILES string of the molecule is CCC1CCN(c2nc(N)ncc2C)CC1. The van der Waals surface area contributed by atoms with Crippen molar-refractivity contribution in [1.82, 2.24) is 9.97 Å². The number of nitrogens with two attached hydrogens (primary N) is 1. The van der Waals surface area contributed by atoms with Crippen LogP contribution in [0.3, 0.4) is 0 Å². The van der Waals surface area contributed by atoms with Crippen LogP contribution >= 0.6 is 0 Å². The summed E-state index contributed by atoms with van der Waals surface area (Å²) in [5.74, 6) is 2.27. The molecule has 2 rings (SSSR count). The Morgan fingerprint density at radius 2 is 2.12 bits per heavy atom. The van der Waals surface area contributed by atoms with Crippen LogP contribution in [-0.2, 0) is 0 Å². The molecular formula is C12H20N4. The van der Waals surface area contributed by atoms with E-state index in [9.17, 15) is 0 Å². The van der Waals surface area contributed by atoms with Crippen LogP contribution in [0.1, 0.15) is 31.7 Å². The summed E-state index contributed by atoms with van der Waals surface area (Å²) in [7, 11) is 0. The predicted octanol–water partition coefficient (Wildman–Crippen LogP) is 1.99. The second kappa shape index (κ2) is 4.68. The van der Waals surface area contributed by atoms with Crippen LogP contribution in [0, 0.1) is 12.8 Å². The average molecular weight is 220 g/mol. The number of hydrogen-bond acceptors (Lipinski definition) is 4. The smallest absolute Gasteiger partial charge is 0.221 e. The van der Waals surface area contributed by atoms with Crippen LogP contribution in [0.5, 0.6) is 0 Å². The standard InChI is InChI=1S/C12H20N4/c1-3-10-4-6-16(7-5-10)11-9(2)8-14-12(13)15-11/h8,10H,3-7H2,1-2H3,(H2,13,14,15). The van der Waals surface area contributed by atoms with Crippen molar-refractivity contribution < 1.29 is 0 Å². The number of aromatic nitrogens is 2. The molecular weight excluding hydrogens is 200 g/mol. The van der Waals surface area contributed by atoms with Crippen molar-refractivity contribution in [2.75, 3.05) is 23.7 Å². The molecule has 0 bridgehead atoms. The fourth-order valence-electron chi connectivity index (χ4n) is 2.32. The van der Waals surface area contributed by atoms with E-state index in [1.54, 1.807) is 0 Å². The number of anilines is 2. The zero-order chi connectivity index (χ0) is 11.5. The van der Waals surface area contributed by atoms with Crippen LogP contribution in [0.4, 0.5) is 11.8 Å². The van der Waals surface area contributed by atoms with E-state index in [1.807, 2.05) is 13.1 Å². The topological polar surface area (TPSA) is 55.0 Å². The lowest BCUT2D eigenvalue weighted by atomic mass is 9.94. The van der Waals surface area contributed by atoms with Gasteiger partial charge in [-0.25, -0.2) is 4.98 Å². The lowest BCUT2D eigenvalue weighted by Crippen LogP contribution is -2.34. The molecule has 1 aliphatic heterocycles. The highest BCUT2D eigenvalue weighted by Gasteiger charge is 2.20. The summed E-state index contributed by atoms with van der Waals surface area (Å²) in [5.41, 5.74) is 6.75. The van der Waals surface area contributed by atoms with Gasteiger partial charge in [0.15, 0.2) is 0 Å². The quantitative estimate of drug-likeness (QED) is 0.828.